The standard InChI is InChI=1S/C7H13N/c1-6(4-5-8)7-2-3-7/h2,6H,3-5,8H2,1H3. The molecule has 46 valence electrons. The van der Waals surface area contributed by atoms with Gasteiger partial charge in [0, 0.05) is 0 Å². The summed E-state index contributed by atoms with van der Waals surface area (Å²) >= 11 is 0. The van der Waals surface area contributed by atoms with Crippen molar-refractivity contribution in [3.63, 3.8) is 0 Å². The summed E-state index contributed by atoms with van der Waals surface area (Å²) < 4.78 is 0. The molecule has 8 heavy (non-hydrogen) atoms. The third-order valence-electron chi connectivity index (χ3n) is 1.67. The molecule has 1 aliphatic carbocycles. The van der Waals surface area contributed by atoms with Crippen LogP contribution in [0.5, 0.6) is 0 Å². The zero-order valence-electron chi connectivity index (χ0n) is 5.35. The number of hydrogen-bond acceptors (Lipinski definition) is 1. The Morgan fingerprint density at radius 3 is 2.88 bits per heavy atom. The van der Waals surface area contributed by atoms with Crippen LogP contribution >= 0.6 is 0 Å². The molecule has 0 saturated heterocycles. The Hall–Kier alpha value is -0.300. The molecule has 1 heteroatoms. The predicted octanol–water partition coefficient (Wildman–Crippen LogP) is 1.30. The van der Waals surface area contributed by atoms with Crippen LogP contribution in [0.1, 0.15) is 19.8 Å². The van der Waals surface area contributed by atoms with Gasteiger partial charge in [-0.25, -0.2) is 0 Å². The maximum atomic E-state index is 5.37. The normalized spacial score (nSPS) is 20.0. The van der Waals surface area contributed by atoms with E-state index in [1.165, 1.54) is 6.42 Å². The van der Waals surface area contributed by atoms with E-state index in [1.54, 1.807) is 5.57 Å². The maximum absolute atomic E-state index is 5.37. The maximum Gasteiger partial charge on any atom is -0.00717 e. The molecule has 1 aliphatic rings. The van der Waals surface area contributed by atoms with Crippen LogP contribution in [-0.4, -0.2) is 6.54 Å². The molecule has 0 aromatic carbocycles. The van der Waals surface area contributed by atoms with E-state index in [2.05, 4.69) is 13.0 Å². The first-order valence-electron chi connectivity index (χ1n) is 3.23. The van der Waals surface area contributed by atoms with Gasteiger partial charge in [-0.15, -0.1) is 0 Å². The lowest BCUT2D eigenvalue weighted by Gasteiger charge is -2.02. The second kappa shape index (κ2) is 2.31. The first-order valence-corrected chi connectivity index (χ1v) is 3.23. The topological polar surface area (TPSA) is 26.0 Å². The van der Waals surface area contributed by atoms with Crippen molar-refractivity contribution in [3.05, 3.63) is 11.6 Å². The first-order chi connectivity index (χ1) is 3.84. The fraction of sp³-hybridized carbons (Fsp3) is 0.714. The van der Waals surface area contributed by atoms with Crippen LogP contribution in [0, 0.1) is 5.92 Å². The average molecular weight is 111 g/mol. The first kappa shape index (κ1) is 5.83. The minimum atomic E-state index is 0.764. The highest BCUT2D eigenvalue weighted by molar-refractivity contribution is 5.23. The average Bonchev–Trinajstić information content (AvgIpc) is 2.45. The van der Waals surface area contributed by atoms with Crippen molar-refractivity contribution in [1.29, 1.82) is 0 Å². The highest BCUT2D eigenvalue weighted by Crippen LogP contribution is 2.28. The summed E-state index contributed by atoms with van der Waals surface area (Å²) in [6.07, 6.45) is 4.69. The van der Waals surface area contributed by atoms with Crippen molar-refractivity contribution < 1.29 is 0 Å². The van der Waals surface area contributed by atoms with E-state index >= 15 is 0 Å². The van der Waals surface area contributed by atoms with Crippen LogP contribution < -0.4 is 5.73 Å². The summed E-state index contributed by atoms with van der Waals surface area (Å²) in [5, 5.41) is 0. The second-order valence-electron chi connectivity index (χ2n) is 2.46. The van der Waals surface area contributed by atoms with Gasteiger partial charge in [0.2, 0.25) is 0 Å². The van der Waals surface area contributed by atoms with Crippen molar-refractivity contribution in [2.75, 3.05) is 6.54 Å². The molecule has 0 aromatic rings. The second-order valence-corrected chi connectivity index (χ2v) is 2.46. The summed E-state index contributed by atoms with van der Waals surface area (Å²) in [4.78, 5) is 0. The van der Waals surface area contributed by atoms with Gasteiger partial charge in [-0.05, 0) is 25.3 Å². The zero-order valence-corrected chi connectivity index (χ0v) is 5.35. The van der Waals surface area contributed by atoms with Gasteiger partial charge in [-0.1, -0.05) is 18.6 Å². The molecule has 0 aliphatic heterocycles. The van der Waals surface area contributed by atoms with Gasteiger partial charge < -0.3 is 5.73 Å². The van der Waals surface area contributed by atoms with Gasteiger partial charge in [0.05, 0.1) is 0 Å². The molecule has 0 aromatic heterocycles. The third-order valence-corrected chi connectivity index (χ3v) is 1.67. The van der Waals surface area contributed by atoms with E-state index in [-0.39, 0.29) is 0 Å². The SMILES string of the molecule is CC(CCN)C1=CC1. The minimum absolute atomic E-state index is 0.764. The lowest BCUT2D eigenvalue weighted by Crippen LogP contribution is -2.04. The molecule has 2 N–H and O–H groups in total. The molecule has 0 radical (unpaired) electrons. The fourth-order valence-electron chi connectivity index (χ4n) is 0.897. The Balaban J connectivity index is 2.13. The van der Waals surface area contributed by atoms with Crippen molar-refractivity contribution in [2.24, 2.45) is 11.7 Å². The molecule has 1 unspecified atom stereocenters. The van der Waals surface area contributed by atoms with Gasteiger partial charge in [-0.3, -0.25) is 0 Å². The van der Waals surface area contributed by atoms with Gasteiger partial charge in [-0.2, -0.15) is 0 Å². The Kier molecular flexibility index (Phi) is 1.69. The van der Waals surface area contributed by atoms with Crippen molar-refractivity contribution in [1.82, 2.24) is 0 Å². The predicted molar refractivity (Wildman–Crippen MR) is 35.5 cm³/mol. The smallest absolute Gasteiger partial charge is 0.00717 e. The van der Waals surface area contributed by atoms with E-state index in [9.17, 15) is 0 Å². The monoisotopic (exact) mass is 111 g/mol. The van der Waals surface area contributed by atoms with E-state index < -0.39 is 0 Å². The number of allylic oxidation sites excluding steroid dienone is 2. The summed E-state index contributed by atoms with van der Waals surface area (Å²) in [5.74, 6) is 0.764. The number of rotatable bonds is 3. The van der Waals surface area contributed by atoms with Crippen LogP contribution in [0.4, 0.5) is 0 Å². The van der Waals surface area contributed by atoms with Crippen LogP contribution in [-0.2, 0) is 0 Å². The molecule has 0 spiro atoms. The summed E-state index contributed by atoms with van der Waals surface area (Å²) in [7, 11) is 0. The molecule has 0 fully saturated rings. The number of nitrogens with two attached hydrogens (primary N) is 1. The van der Waals surface area contributed by atoms with E-state index in [1.807, 2.05) is 0 Å². The molecule has 1 rings (SSSR count). The molecule has 1 atom stereocenters. The summed E-state index contributed by atoms with van der Waals surface area (Å²) in [6, 6.07) is 0. The highest BCUT2D eigenvalue weighted by Gasteiger charge is 2.13. The minimum Gasteiger partial charge on any atom is -0.330 e. The highest BCUT2D eigenvalue weighted by atomic mass is 14.5. The van der Waals surface area contributed by atoms with Crippen LogP contribution in [0.3, 0.4) is 0 Å². The molecular formula is C7H13N. The summed E-state index contributed by atoms with van der Waals surface area (Å²) in [6.45, 7) is 3.07. The van der Waals surface area contributed by atoms with Crippen LogP contribution in [0.25, 0.3) is 0 Å². The zero-order chi connectivity index (χ0) is 5.98. The molecule has 0 bridgehead atoms. The van der Waals surface area contributed by atoms with Crippen LogP contribution in [0.15, 0.2) is 11.6 Å². The Labute approximate surface area is 50.6 Å². The third kappa shape index (κ3) is 1.34. The Morgan fingerprint density at radius 2 is 2.50 bits per heavy atom. The number of hydrogen-bond donors (Lipinski definition) is 1. The Morgan fingerprint density at radius 1 is 1.88 bits per heavy atom. The molecule has 0 amide bonds. The van der Waals surface area contributed by atoms with Crippen molar-refractivity contribution in [2.45, 2.75) is 19.8 Å². The lowest BCUT2D eigenvalue weighted by atomic mass is 10.1. The van der Waals surface area contributed by atoms with Crippen LogP contribution in [0.2, 0.25) is 0 Å². The molecule has 0 heterocycles. The van der Waals surface area contributed by atoms with E-state index in [0.29, 0.717) is 0 Å². The largest absolute Gasteiger partial charge is 0.330 e. The summed E-state index contributed by atoms with van der Waals surface area (Å²) in [5.41, 5.74) is 6.97. The van der Waals surface area contributed by atoms with E-state index in [0.717, 1.165) is 18.9 Å². The van der Waals surface area contributed by atoms with Gasteiger partial charge in [0.1, 0.15) is 0 Å². The van der Waals surface area contributed by atoms with Gasteiger partial charge in [0.15, 0.2) is 0 Å². The Bertz CT molecular complexity index is 105. The van der Waals surface area contributed by atoms with Gasteiger partial charge in [0.25, 0.3) is 0 Å². The molecular weight excluding hydrogens is 98.1 g/mol. The molecule has 1 nitrogen and oxygen atoms in total. The van der Waals surface area contributed by atoms with Crippen molar-refractivity contribution >= 4 is 0 Å². The molecule has 0 saturated carbocycles. The van der Waals surface area contributed by atoms with E-state index in [4.69, 9.17) is 5.73 Å². The van der Waals surface area contributed by atoms with Gasteiger partial charge >= 0.3 is 0 Å². The quantitative estimate of drug-likeness (QED) is 0.546. The lowest BCUT2D eigenvalue weighted by molar-refractivity contribution is 0.637. The van der Waals surface area contributed by atoms with Crippen molar-refractivity contribution in [3.8, 4) is 0 Å². The fourth-order valence-corrected chi connectivity index (χ4v) is 0.897.